The number of hydrogen-bond acceptors (Lipinski definition) is 3. The van der Waals surface area contributed by atoms with Crippen molar-refractivity contribution in [1.29, 1.82) is 0 Å². The van der Waals surface area contributed by atoms with Crippen molar-refractivity contribution in [3.63, 3.8) is 0 Å². The van der Waals surface area contributed by atoms with Gasteiger partial charge in [-0.2, -0.15) is 11.8 Å². The number of aliphatic hydroxyl groups excluding tert-OH is 1. The van der Waals surface area contributed by atoms with Gasteiger partial charge in [-0.1, -0.05) is 18.8 Å². The lowest BCUT2D eigenvalue weighted by Gasteiger charge is -2.10. The average Bonchev–Trinajstić information content (AvgIpc) is 2.38. The van der Waals surface area contributed by atoms with Crippen LogP contribution in [0.25, 0.3) is 0 Å². The van der Waals surface area contributed by atoms with Gasteiger partial charge in [-0.15, -0.1) is 0 Å². The van der Waals surface area contributed by atoms with Crippen LogP contribution in [0.15, 0.2) is 24.3 Å². The van der Waals surface area contributed by atoms with Gasteiger partial charge in [0.1, 0.15) is 6.61 Å². The number of nitrogens with one attached hydrogen (secondary N) is 1. The highest BCUT2D eigenvalue weighted by Gasteiger charge is 2.11. The molecule has 1 amide bonds. The molecule has 0 aliphatic carbocycles. The molecule has 1 rings (SSSR count). The van der Waals surface area contributed by atoms with E-state index in [4.69, 9.17) is 5.11 Å². The van der Waals surface area contributed by atoms with Gasteiger partial charge in [0.2, 0.25) is 5.91 Å². The SMILES string of the molecule is CSCC(C)C(=O)Nc1ccc(C#CCO)cc1. The van der Waals surface area contributed by atoms with Gasteiger partial charge in [0.25, 0.3) is 0 Å². The lowest BCUT2D eigenvalue weighted by molar-refractivity contribution is -0.118. The van der Waals surface area contributed by atoms with Gasteiger partial charge < -0.3 is 10.4 Å². The molecule has 0 saturated heterocycles. The Hall–Kier alpha value is -1.44. The number of benzene rings is 1. The van der Waals surface area contributed by atoms with E-state index >= 15 is 0 Å². The van der Waals surface area contributed by atoms with Gasteiger partial charge >= 0.3 is 0 Å². The highest BCUT2D eigenvalue weighted by atomic mass is 32.2. The molecular weight excluding hydrogens is 246 g/mol. The molecule has 0 heterocycles. The molecule has 1 unspecified atom stereocenters. The molecule has 1 atom stereocenters. The van der Waals surface area contributed by atoms with Crippen LogP contribution in [0.2, 0.25) is 0 Å². The molecule has 0 radical (unpaired) electrons. The van der Waals surface area contributed by atoms with Crippen molar-refractivity contribution < 1.29 is 9.90 Å². The van der Waals surface area contributed by atoms with E-state index in [0.29, 0.717) is 0 Å². The maximum atomic E-state index is 11.8. The Morgan fingerprint density at radius 1 is 1.44 bits per heavy atom. The van der Waals surface area contributed by atoms with Crippen LogP contribution in [0.3, 0.4) is 0 Å². The summed E-state index contributed by atoms with van der Waals surface area (Å²) in [5.41, 5.74) is 1.58. The topological polar surface area (TPSA) is 49.3 Å². The highest BCUT2D eigenvalue weighted by molar-refractivity contribution is 7.98. The standard InChI is InChI=1S/C14H17NO2S/c1-11(10-18-2)14(17)15-13-7-5-12(6-8-13)4-3-9-16/h5-8,11,16H,9-10H2,1-2H3,(H,15,17). The molecule has 18 heavy (non-hydrogen) atoms. The van der Waals surface area contributed by atoms with Crippen LogP contribution in [0, 0.1) is 17.8 Å². The van der Waals surface area contributed by atoms with E-state index in [1.165, 1.54) is 0 Å². The van der Waals surface area contributed by atoms with Gasteiger partial charge in [-0.25, -0.2) is 0 Å². The summed E-state index contributed by atoms with van der Waals surface area (Å²) in [5.74, 6) is 6.21. The molecule has 0 bridgehead atoms. The average molecular weight is 263 g/mol. The molecule has 2 N–H and O–H groups in total. The summed E-state index contributed by atoms with van der Waals surface area (Å²) in [6, 6.07) is 7.26. The normalized spacial score (nSPS) is 11.3. The van der Waals surface area contributed by atoms with E-state index in [-0.39, 0.29) is 18.4 Å². The smallest absolute Gasteiger partial charge is 0.228 e. The third-order valence-corrected chi connectivity index (χ3v) is 3.16. The molecule has 0 fully saturated rings. The van der Waals surface area contributed by atoms with Crippen molar-refractivity contribution in [2.45, 2.75) is 6.92 Å². The molecule has 0 aliphatic rings. The molecule has 0 aromatic heterocycles. The van der Waals surface area contributed by atoms with Crippen LogP contribution in [-0.2, 0) is 4.79 Å². The fourth-order valence-electron chi connectivity index (χ4n) is 1.37. The van der Waals surface area contributed by atoms with E-state index in [0.717, 1.165) is 17.0 Å². The lowest BCUT2D eigenvalue weighted by Crippen LogP contribution is -2.21. The molecule has 1 aromatic carbocycles. The fraction of sp³-hybridized carbons (Fsp3) is 0.357. The van der Waals surface area contributed by atoms with Crippen molar-refractivity contribution in [3.8, 4) is 11.8 Å². The summed E-state index contributed by atoms with van der Waals surface area (Å²) in [7, 11) is 0. The number of carbonyl (C=O) groups excluding carboxylic acids is 1. The maximum Gasteiger partial charge on any atom is 0.228 e. The number of carbonyl (C=O) groups is 1. The Labute approximate surface area is 112 Å². The van der Waals surface area contributed by atoms with E-state index in [9.17, 15) is 4.79 Å². The second kappa shape index (κ2) is 7.80. The molecule has 0 saturated carbocycles. The van der Waals surface area contributed by atoms with Crippen LogP contribution >= 0.6 is 11.8 Å². The van der Waals surface area contributed by atoms with Crippen LogP contribution in [-0.4, -0.2) is 29.6 Å². The van der Waals surface area contributed by atoms with E-state index in [1.54, 1.807) is 11.8 Å². The third-order valence-electron chi connectivity index (χ3n) is 2.33. The molecular formula is C14H17NO2S. The molecule has 1 aromatic rings. The van der Waals surface area contributed by atoms with E-state index in [2.05, 4.69) is 17.2 Å². The van der Waals surface area contributed by atoms with Crippen LogP contribution in [0.5, 0.6) is 0 Å². The molecule has 4 heteroatoms. The summed E-state index contributed by atoms with van der Waals surface area (Å²) < 4.78 is 0. The number of rotatable bonds is 4. The number of amides is 1. The summed E-state index contributed by atoms with van der Waals surface area (Å²) in [5, 5.41) is 11.4. The zero-order chi connectivity index (χ0) is 13.4. The first-order chi connectivity index (χ1) is 8.67. The largest absolute Gasteiger partial charge is 0.384 e. The summed E-state index contributed by atoms with van der Waals surface area (Å²) in [6.45, 7) is 1.76. The van der Waals surface area contributed by atoms with E-state index in [1.807, 2.05) is 37.4 Å². The summed E-state index contributed by atoms with van der Waals surface area (Å²) in [6.07, 6.45) is 1.98. The Kier molecular flexibility index (Phi) is 6.34. The first kappa shape index (κ1) is 14.6. The van der Waals surface area contributed by atoms with Crippen molar-refractivity contribution in [1.82, 2.24) is 0 Å². The quantitative estimate of drug-likeness (QED) is 0.817. The predicted molar refractivity (Wildman–Crippen MR) is 76.6 cm³/mol. The number of anilines is 1. The monoisotopic (exact) mass is 263 g/mol. The zero-order valence-corrected chi connectivity index (χ0v) is 11.4. The first-order valence-electron chi connectivity index (χ1n) is 5.67. The van der Waals surface area contributed by atoms with Crippen LogP contribution in [0.4, 0.5) is 5.69 Å². The summed E-state index contributed by atoms with van der Waals surface area (Å²) in [4.78, 5) is 11.8. The highest BCUT2D eigenvalue weighted by Crippen LogP contribution is 2.12. The Morgan fingerprint density at radius 2 is 2.11 bits per heavy atom. The molecule has 3 nitrogen and oxygen atoms in total. The Balaban J connectivity index is 2.61. The van der Waals surface area contributed by atoms with Crippen molar-refractivity contribution in [2.24, 2.45) is 5.92 Å². The number of thioether (sulfide) groups is 1. The second-order valence-electron chi connectivity index (χ2n) is 3.88. The van der Waals surface area contributed by atoms with Gasteiger partial charge in [-0.05, 0) is 30.5 Å². The van der Waals surface area contributed by atoms with Crippen LogP contribution in [0.1, 0.15) is 12.5 Å². The maximum absolute atomic E-state index is 11.8. The molecule has 0 aliphatic heterocycles. The first-order valence-corrected chi connectivity index (χ1v) is 7.06. The van der Waals surface area contributed by atoms with Crippen molar-refractivity contribution in [3.05, 3.63) is 29.8 Å². The molecule has 96 valence electrons. The third kappa shape index (κ3) is 4.82. The lowest BCUT2D eigenvalue weighted by atomic mass is 10.1. The fourth-order valence-corrected chi connectivity index (χ4v) is 2.02. The predicted octanol–water partition coefficient (Wildman–Crippen LogP) is 1.97. The van der Waals surface area contributed by atoms with Gasteiger partial charge in [0, 0.05) is 22.9 Å². The second-order valence-corrected chi connectivity index (χ2v) is 4.79. The van der Waals surface area contributed by atoms with Gasteiger partial charge in [-0.3, -0.25) is 4.79 Å². The Morgan fingerprint density at radius 3 is 2.67 bits per heavy atom. The minimum Gasteiger partial charge on any atom is -0.384 e. The van der Waals surface area contributed by atoms with Crippen molar-refractivity contribution >= 4 is 23.4 Å². The van der Waals surface area contributed by atoms with Crippen LogP contribution < -0.4 is 5.32 Å². The number of hydrogen-bond donors (Lipinski definition) is 2. The zero-order valence-electron chi connectivity index (χ0n) is 10.6. The van der Waals surface area contributed by atoms with Gasteiger partial charge in [0.05, 0.1) is 0 Å². The Bertz CT molecular complexity index is 445. The minimum atomic E-state index is -0.148. The molecule has 0 spiro atoms. The van der Waals surface area contributed by atoms with Crippen molar-refractivity contribution in [2.75, 3.05) is 23.9 Å². The minimum absolute atomic E-state index is 0.00569. The summed E-state index contributed by atoms with van der Waals surface area (Å²) >= 11 is 1.66. The van der Waals surface area contributed by atoms with E-state index < -0.39 is 0 Å². The van der Waals surface area contributed by atoms with Gasteiger partial charge in [0.15, 0.2) is 0 Å². The number of aliphatic hydroxyl groups is 1.